The quantitative estimate of drug-likeness (QED) is 0.295. The third-order valence-electron chi connectivity index (χ3n) is 9.99. The zero-order valence-electron chi connectivity index (χ0n) is 26.7. The predicted molar refractivity (Wildman–Crippen MR) is 176 cm³/mol. The van der Waals surface area contributed by atoms with Crippen LogP contribution in [0.3, 0.4) is 0 Å². The molecule has 252 valence electrons. The first-order valence-corrected chi connectivity index (χ1v) is 16.6. The number of carboxylic acids is 1. The van der Waals surface area contributed by atoms with Crippen LogP contribution in [-0.4, -0.2) is 104 Å². The van der Waals surface area contributed by atoms with Gasteiger partial charge >= 0.3 is 5.97 Å². The number of carbonyl (C=O) groups excluding carboxylic acids is 2. The third-order valence-corrected chi connectivity index (χ3v) is 10.3. The van der Waals surface area contributed by atoms with Crippen molar-refractivity contribution in [2.45, 2.75) is 68.9 Å². The van der Waals surface area contributed by atoms with Crippen LogP contribution in [0, 0.1) is 5.92 Å². The second kappa shape index (κ2) is 14.7. The molecule has 0 radical (unpaired) electrons. The Morgan fingerprint density at radius 2 is 1.72 bits per heavy atom. The minimum absolute atomic E-state index is 0.00858. The van der Waals surface area contributed by atoms with Gasteiger partial charge in [0.25, 0.3) is 5.91 Å². The Hall–Kier alpha value is -3.48. The molecule has 47 heavy (non-hydrogen) atoms. The van der Waals surface area contributed by atoms with Gasteiger partial charge in [-0.3, -0.25) is 19.3 Å². The molecule has 4 atom stereocenters. The SMILES string of the molecule is CO[C@H]1CN([C@H]2C[C@@H](COC3CCC(C(=O)O)CC3)N(C(=O)Cc3ccc(NC(=O)c4coc5ccccc45)c(Cl)c3)C2)C[C@H]1OC. The molecular weight excluding hydrogens is 626 g/mol. The normalized spacial score (nSPS) is 26.6. The van der Waals surface area contributed by atoms with Gasteiger partial charge in [0, 0.05) is 45.3 Å². The second-order valence-corrected chi connectivity index (χ2v) is 13.2. The molecule has 12 heteroatoms. The number of anilines is 1. The number of para-hydroxylation sites is 1. The van der Waals surface area contributed by atoms with Gasteiger partial charge in [0.15, 0.2) is 0 Å². The molecule has 2 aromatic carbocycles. The van der Waals surface area contributed by atoms with Crippen molar-refractivity contribution in [2.75, 3.05) is 45.8 Å². The molecule has 0 unspecified atom stereocenters. The van der Waals surface area contributed by atoms with Crippen molar-refractivity contribution in [3.8, 4) is 0 Å². The van der Waals surface area contributed by atoms with Gasteiger partial charge in [-0.1, -0.05) is 35.9 Å². The molecule has 11 nitrogen and oxygen atoms in total. The molecule has 3 aliphatic rings. The number of aliphatic carboxylic acids is 1. The van der Waals surface area contributed by atoms with Crippen LogP contribution >= 0.6 is 11.6 Å². The lowest BCUT2D eigenvalue weighted by Gasteiger charge is -2.30. The van der Waals surface area contributed by atoms with Crippen LogP contribution in [-0.2, 0) is 30.2 Å². The monoisotopic (exact) mass is 667 g/mol. The topological polar surface area (TPSA) is 131 Å². The summed E-state index contributed by atoms with van der Waals surface area (Å²) >= 11 is 6.60. The molecule has 0 spiro atoms. The van der Waals surface area contributed by atoms with Gasteiger partial charge in [0.1, 0.15) is 11.8 Å². The van der Waals surface area contributed by atoms with Gasteiger partial charge in [-0.05, 0) is 55.9 Å². The number of halogens is 1. The van der Waals surface area contributed by atoms with Crippen LogP contribution in [0.2, 0.25) is 5.02 Å². The minimum Gasteiger partial charge on any atom is -0.481 e. The van der Waals surface area contributed by atoms with E-state index in [0.29, 0.717) is 66.1 Å². The number of nitrogens with one attached hydrogen (secondary N) is 1. The standard InChI is InChI=1S/C35H42ClN3O8/c1-44-31-17-38(18-32(31)45-2)23-15-24(19-46-25-10-8-22(9-11-25)35(42)43)39(16-23)33(40)14-21-7-12-29(28(36)13-21)37-34(41)27-20-47-30-6-4-3-5-26(27)30/h3-7,12-13,20,22-25,31-32H,8-11,14-19H2,1-2H3,(H,37,41)(H,42,43)/t22?,23-,24-,25?,31-,32+/m0/s1. The predicted octanol–water partition coefficient (Wildman–Crippen LogP) is 4.86. The molecule has 2 N–H and O–H groups in total. The summed E-state index contributed by atoms with van der Waals surface area (Å²) in [5.41, 5.74) is 2.21. The van der Waals surface area contributed by atoms with E-state index in [0.717, 1.165) is 25.1 Å². The zero-order valence-corrected chi connectivity index (χ0v) is 27.5. The molecule has 3 heterocycles. The van der Waals surface area contributed by atoms with E-state index >= 15 is 0 Å². The number of ether oxygens (including phenoxy) is 3. The first-order chi connectivity index (χ1) is 22.7. The first-order valence-electron chi connectivity index (χ1n) is 16.2. The Kier molecular flexibility index (Phi) is 10.5. The number of amides is 2. The summed E-state index contributed by atoms with van der Waals surface area (Å²) in [6, 6.07) is 12.6. The summed E-state index contributed by atoms with van der Waals surface area (Å²) in [7, 11) is 3.39. The van der Waals surface area contributed by atoms with Crippen LogP contribution in [0.4, 0.5) is 5.69 Å². The van der Waals surface area contributed by atoms with Crippen molar-refractivity contribution < 1.29 is 38.1 Å². The first kappa shape index (κ1) is 33.4. The molecule has 1 aliphatic carbocycles. The van der Waals surface area contributed by atoms with Crippen LogP contribution in [0.5, 0.6) is 0 Å². The highest BCUT2D eigenvalue weighted by Gasteiger charge is 2.43. The lowest BCUT2D eigenvalue weighted by atomic mass is 9.87. The summed E-state index contributed by atoms with van der Waals surface area (Å²) < 4.78 is 23.2. The number of rotatable bonds is 11. The number of furan rings is 1. The largest absolute Gasteiger partial charge is 0.481 e. The van der Waals surface area contributed by atoms with E-state index in [1.165, 1.54) is 6.26 Å². The number of methoxy groups -OCH3 is 2. The van der Waals surface area contributed by atoms with E-state index < -0.39 is 5.97 Å². The van der Waals surface area contributed by atoms with Crippen LogP contribution in [0.1, 0.15) is 48.0 Å². The zero-order chi connectivity index (χ0) is 33.1. The van der Waals surface area contributed by atoms with Gasteiger partial charge < -0.3 is 34.0 Å². The van der Waals surface area contributed by atoms with Crippen molar-refractivity contribution in [1.82, 2.24) is 9.80 Å². The van der Waals surface area contributed by atoms with Crippen molar-refractivity contribution in [1.29, 1.82) is 0 Å². The number of fused-ring (bicyclic) bond motifs is 1. The molecule has 2 aliphatic heterocycles. The Labute approximate surface area is 279 Å². The molecule has 0 bridgehead atoms. The summed E-state index contributed by atoms with van der Waals surface area (Å²) in [4.78, 5) is 42.5. The molecule has 1 saturated carbocycles. The Morgan fingerprint density at radius 1 is 1.00 bits per heavy atom. The van der Waals surface area contributed by atoms with E-state index in [4.69, 9.17) is 30.2 Å². The van der Waals surface area contributed by atoms with Gasteiger partial charge in [0.05, 0.1) is 59.6 Å². The number of carbonyl (C=O) groups is 3. The van der Waals surface area contributed by atoms with Gasteiger partial charge in [-0.25, -0.2) is 0 Å². The third kappa shape index (κ3) is 7.49. The highest BCUT2D eigenvalue weighted by atomic mass is 35.5. The highest BCUT2D eigenvalue weighted by molar-refractivity contribution is 6.34. The molecule has 6 rings (SSSR count). The molecule has 3 aromatic rings. The lowest BCUT2D eigenvalue weighted by Crippen LogP contribution is -2.41. The fourth-order valence-electron chi connectivity index (χ4n) is 7.26. The maximum atomic E-state index is 13.9. The van der Waals surface area contributed by atoms with Crippen LogP contribution in [0.25, 0.3) is 11.0 Å². The summed E-state index contributed by atoms with van der Waals surface area (Å²) in [6.07, 6.45) is 4.89. The van der Waals surface area contributed by atoms with E-state index in [1.54, 1.807) is 38.5 Å². The number of likely N-dealkylation sites (tertiary alicyclic amines) is 2. The number of hydrogen-bond donors (Lipinski definition) is 2. The number of carboxylic acid groups (broad SMARTS) is 1. The van der Waals surface area contributed by atoms with Crippen molar-refractivity contribution in [3.05, 3.63) is 64.9 Å². The van der Waals surface area contributed by atoms with E-state index in [1.807, 2.05) is 23.1 Å². The lowest BCUT2D eigenvalue weighted by molar-refractivity contribution is -0.144. The highest BCUT2D eigenvalue weighted by Crippen LogP contribution is 2.32. The van der Waals surface area contributed by atoms with E-state index in [9.17, 15) is 19.5 Å². The average molecular weight is 668 g/mol. The second-order valence-electron chi connectivity index (χ2n) is 12.8. The van der Waals surface area contributed by atoms with E-state index in [2.05, 4.69) is 10.2 Å². The van der Waals surface area contributed by atoms with Gasteiger partial charge in [-0.15, -0.1) is 0 Å². The van der Waals surface area contributed by atoms with Crippen molar-refractivity contribution >= 4 is 46.0 Å². The van der Waals surface area contributed by atoms with Crippen molar-refractivity contribution in [2.24, 2.45) is 5.92 Å². The van der Waals surface area contributed by atoms with Gasteiger partial charge in [-0.2, -0.15) is 0 Å². The summed E-state index contributed by atoms with van der Waals surface area (Å²) in [5.74, 6) is -1.41. The molecular formula is C35H42ClN3O8. The van der Waals surface area contributed by atoms with Gasteiger partial charge in [0.2, 0.25) is 5.91 Å². The Morgan fingerprint density at radius 3 is 2.40 bits per heavy atom. The minimum atomic E-state index is -0.740. The fourth-order valence-corrected chi connectivity index (χ4v) is 7.51. The maximum Gasteiger partial charge on any atom is 0.306 e. The summed E-state index contributed by atoms with van der Waals surface area (Å²) in [5, 5.41) is 13.3. The maximum absolute atomic E-state index is 13.9. The smallest absolute Gasteiger partial charge is 0.306 e. The molecule has 1 aromatic heterocycles. The number of benzene rings is 2. The Bertz CT molecular complexity index is 1580. The van der Waals surface area contributed by atoms with Crippen molar-refractivity contribution in [3.63, 3.8) is 0 Å². The summed E-state index contributed by atoms with van der Waals surface area (Å²) in [6.45, 7) is 2.41. The average Bonchev–Trinajstić information content (AvgIpc) is 3.82. The molecule has 3 fully saturated rings. The van der Waals surface area contributed by atoms with Crippen LogP contribution in [0.15, 0.2) is 53.1 Å². The number of nitrogens with zero attached hydrogens (tertiary/aromatic N) is 2. The fraction of sp³-hybridized carbons (Fsp3) is 0.514. The molecule has 2 saturated heterocycles. The Balaban J connectivity index is 1.11. The van der Waals surface area contributed by atoms with Crippen LogP contribution < -0.4 is 5.32 Å². The molecule has 2 amide bonds. The number of hydrogen-bond acceptors (Lipinski definition) is 8. The van der Waals surface area contributed by atoms with E-state index in [-0.39, 0.29) is 54.5 Å².